The smallest absolute Gasteiger partial charge is 0.351 e. The van der Waals surface area contributed by atoms with Crippen LogP contribution in [0.15, 0.2) is 109 Å². The Bertz CT molecular complexity index is 2710. The summed E-state index contributed by atoms with van der Waals surface area (Å²) in [5.74, 6) is -1.31. The first kappa shape index (κ1) is 49.4. The highest BCUT2D eigenvalue weighted by atomic mass is 35.5. The summed E-state index contributed by atoms with van der Waals surface area (Å²) in [6, 6.07) is 27.6. The first-order chi connectivity index (χ1) is 33.1. The Kier molecular flexibility index (Phi) is 15.5. The molecule has 13 nitrogen and oxygen atoms in total. The molecule has 0 spiro atoms. The maximum absolute atomic E-state index is 15.3. The molecule has 2 aliphatic carbocycles. The van der Waals surface area contributed by atoms with Gasteiger partial charge < -0.3 is 14.2 Å². The Labute approximate surface area is 410 Å². The van der Waals surface area contributed by atoms with Gasteiger partial charge in [-0.15, -0.1) is 0 Å². The number of carbonyl (C=O) groups excluding carboxylic acids is 2. The molecule has 4 unspecified atom stereocenters. The lowest BCUT2D eigenvalue weighted by molar-refractivity contribution is -0.162. The highest BCUT2D eigenvalue weighted by Gasteiger charge is 2.35. The number of pyridine rings is 2. The van der Waals surface area contributed by atoms with Gasteiger partial charge in [-0.2, -0.15) is 0 Å². The van der Waals surface area contributed by atoms with Crippen LogP contribution in [0.2, 0.25) is 5.02 Å². The summed E-state index contributed by atoms with van der Waals surface area (Å²) < 4.78 is 81.6. The van der Waals surface area contributed by atoms with Gasteiger partial charge >= 0.3 is 11.9 Å². The summed E-state index contributed by atoms with van der Waals surface area (Å²) in [6.07, 6.45) is 6.34. The molecule has 0 bridgehead atoms. The fraction of sp³-hybridized carbons (Fsp3) is 0.308. The molecule has 2 aromatic heterocycles. The maximum atomic E-state index is 15.3. The van der Waals surface area contributed by atoms with E-state index in [0.29, 0.717) is 72.6 Å². The van der Waals surface area contributed by atoms with Gasteiger partial charge in [0.2, 0.25) is 0 Å². The number of hydrogen-bond donors (Lipinski definition) is 2. The molecule has 4 aromatic carbocycles. The summed E-state index contributed by atoms with van der Waals surface area (Å²) in [4.78, 5) is 35.1. The minimum absolute atomic E-state index is 0.0351. The van der Waals surface area contributed by atoms with E-state index in [1.165, 1.54) is 31.9 Å². The number of carbonyl (C=O) groups is 2. The molecule has 69 heavy (non-hydrogen) atoms. The first-order valence-corrected chi connectivity index (χ1v) is 25.2. The van der Waals surface area contributed by atoms with Crippen molar-refractivity contribution in [2.75, 3.05) is 21.8 Å². The van der Waals surface area contributed by atoms with Crippen LogP contribution in [0.1, 0.15) is 111 Å². The summed E-state index contributed by atoms with van der Waals surface area (Å²) in [7, 11) is 0. The number of halogens is 2. The molecule has 0 aliphatic heterocycles. The lowest BCUT2D eigenvalue weighted by Gasteiger charge is -2.34. The second-order valence-corrected chi connectivity index (χ2v) is 19.8. The van der Waals surface area contributed by atoms with E-state index < -0.39 is 65.6 Å². The second-order valence-electron chi connectivity index (χ2n) is 17.7. The zero-order chi connectivity index (χ0) is 48.9. The van der Waals surface area contributed by atoms with E-state index in [-0.39, 0.29) is 28.2 Å². The Balaban J connectivity index is 0.918. The van der Waals surface area contributed by atoms with Gasteiger partial charge in [-0.3, -0.25) is 9.11 Å². The van der Waals surface area contributed by atoms with Gasteiger partial charge in [-0.25, -0.2) is 41.0 Å². The van der Waals surface area contributed by atoms with Crippen LogP contribution >= 0.6 is 11.6 Å². The van der Waals surface area contributed by atoms with Crippen LogP contribution in [0, 0.1) is 5.82 Å². The van der Waals surface area contributed by atoms with Gasteiger partial charge in [-0.05, 0) is 137 Å². The number of rotatable bonds is 16. The van der Waals surface area contributed by atoms with Crippen LogP contribution in [-0.4, -0.2) is 52.6 Å². The number of anilines is 2. The van der Waals surface area contributed by atoms with E-state index >= 15 is 4.39 Å². The van der Waals surface area contributed by atoms with Crippen LogP contribution in [0.5, 0.6) is 11.5 Å². The Morgan fingerprint density at radius 3 is 1.57 bits per heavy atom. The van der Waals surface area contributed by atoms with Crippen LogP contribution in [-0.2, 0) is 49.7 Å². The summed E-state index contributed by atoms with van der Waals surface area (Å²) in [5, 5.41) is 0.261. The summed E-state index contributed by atoms with van der Waals surface area (Å²) in [5.41, 5.74) is 8.22. The second kappa shape index (κ2) is 21.7. The molecule has 4 atom stereocenters. The quantitative estimate of drug-likeness (QED) is 0.0538. The third-order valence-corrected chi connectivity index (χ3v) is 14.3. The normalized spacial score (nSPS) is 16.3. The van der Waals surface area contributed by atoms with E-state index in [1.54, 1.807) is 30.6 Å². The van der Waals surface area contributed by atoms with E-state index in [9.17, 15) is 27.1 Å². The zero-order valence-corrected chi connectivity index (χ0v) is 40.9. The number of esters is 2. The van der Waals surface area contributed by atoms with Gasteiger partial charge in [0, 0.05) is 34.6 Å². The van der Waals surface area contributed by atoms with Crippen LogP contribution in [0.3, 0.4) is 0 Å². The molecule has 2 N–H and O–H groups in total. The van der Waals surface area contributed by atoms with E-state index in [1.807, 2.05) is 36.4 Å². The zero-order valence-electron chi connectivity index (χ0n) is 38.5. The Morgan fingerprint density at radius 2 is 1.13 bits per heavy atom. The molecule has 0 amide bonds. The van der Waals surface area contributed by atoms with Gasteiger partial charge in [-0.1, -0.05) is 87.8 Å². The molecule has 6 aromatic rings. The maximum Gasteiger partial charge on any atom is 0.351 e. The minimum Gasteiger partial charge on any atom is -0.482 e. The van der Waals surface area contributed by atoms with E-state index in [0.717, 1.165) is 28.3 Å². The monoisotopic (exact) mass is 994 g/mol. The van der Waals surface area contributed by atoms with Crippen molar-refractivity contribution in [2.24, 2.45) is 0 Å². The van der Waals surface area contributed by atoms with Crippen molar-refractivity contribution in [1.82, 2.24) is 9.97 Å². The highest BCUT2D eigenvalue weighted by molar-refractivity contribution is 7.81. The van der Waals surface area contributed by atoms with Crippen molar-refractivity contribution >= 4 is 57.7 Å². The van der Waals surface area contributed by atoms with Crippen molar-refractivity contribution in [3.63, 3.8) is 0 Å². The van der Waals surface area contributed by atoms with Crippen molar-refractivity contribution in [2.45, 2.75) is 90.1 Å². The van der Waals surface area contributed by atoms with E-state index in [4.69, 9.17) is 25.8 Å². The number of benzene rings is 4. The minimum atomic E-state index is -2.54. The number of ether oxygens (including phenoxy) is 3. The average molecular weight is 996 g/mol. The van der Waals surface area contributed by atoms with Crippen LogP contribution < -0.4 is 18.1 Å². The molecular formula is C52H52ClFN4O9S2. The van der Waals surface area contributed by atoms with Gasteiger partial charge in [0.1, 0.15) is 29.0 Å². The molecular weight excluding hydrogens is 943 g/mol. The third kappa shape index (κ3) is 11.4. The fourth-order valence-corrected chi connectivity index (χ4v) is 10.7. The van der Waals surface area contributed by atoms with Gasteiger partial charge in [0.25, 0.3) is 22.5 Å². The molecule has 17 heteroatoms. The predicted molar refractivity (Wildman–Crippen MR) is 265 cm³/mol. The van der Waals surface area contributed by atoms with Gasteiger partial charge in [0.15, 0.2) is 13.2 Å². The number of aromatic nitrogens is 2. The fourth-order valence-electron chi connectivity index (χ4n) is 9.08. The number of hydrogen-bond acceptors (Lipinski definition) is 9. The standard InChI is InChI=1S/C52H52ClFN4O9S2/c1-31(2)33-9-5-11-35(21-33)37-17-19-49(55-27-37)57(68(61)62)45-15-7-13-41-43(45)23-39(53)24-47(41)65-29-51(59)67-52(60)30-66-48-26-40(54)25-44-42(48)14-8-16-46(44)58(69(63)64)50-20-18-38(28-56-50)36-12-6-10-34(22-36)32(3)4/h5-6,9-12,17-28,31-32,45-46H,7-8,13-16,29-30H2,1-4H3,(H,61,62)(H,63,64). The molecule has 0 radical (unpaired) electrons. The van der Waals surface area contributed by atoms with E-state index in [2.05, 4.69) is 61.9 Å². The predicted octanol–water partition coefficient (Wildman–Crippen LogP) is 11.4. The lowest BCUT2D eigenvalue weighted by Crippen LogP contribution is -2.33. The molecule has 2 aliphatic rings. The summed E-state index contributed by atoms with van der Waals surface area (Å²) >= 11 is 1.56. The molecule has 2 heterocycles. The van der Waals surface area contributed by atoms with Crippen LogP contribution in [0.4, 0.5) is 16.0 Å². The van der Waals surface area contributed by atoms with Gasteiger partial charge in [0.05, 0.1) is 12.1 Å². The first-order valence-electron chi connectivity index (χ1n) is 22.7. The van der Waals surface area contributed by atoms with Crippen molar-refractivity contribution in [3.05, 3.63) is 154 Å². The number of fused-ring (bicyclic) bond motifs is 2. The largest absolute Gasteiger partial charge is 0.482 e. The highest BCUT2D eigenvalue weighted by Crippen LogP contribution is 2.44. The van der Waals surface area contributed by atoms with Crippen molar-refractivity contribution in [1.29, 1.82) is 0 Å². The topological polar surface area (TPSA) is 169 Å². The summed E-state index contributed by atoms with van der Waals surface area (Å²) in [6.45, 7) is 7.04. The molecule has 0 saturated heterocycles. The van der Waals surface area contributed by atoms with Crippen molar-refractivity contribution < 1.29 is 45.7 Å². The number of nitrogens with zero attached hydrogens (tertiary/aromatic N) is 4. The SMILES string of the molecule is CC(C)c1cccc(-c2ccc(N(C3CCCc4c(OCC(=O)OC(=O)COc5cc(Cl)cc6c5CCCC6N(c5ccc(-c6cccc(C(C)C)c6)cn5)S(=O)O)cc(F)cc43)S(=O)O)nc2)c1. The average Bonchev–Trinajstić information content (AvgIpc) is 3.33. The molecule has 8 rings (SSSR count). The Hall–Kier alpha value is -6.04. The third-order valence-electron chi connectivity index (χ3n) is 12.5. The molecule has 0 fully saturated rings. The van der Waals surface area contributed by atoms with Crippen LogP contribution in [0.25, 0.3) is 22.3 Å². The lowest BCUT2D eigenvalue weighted by atomic mass is 9.86. The Morgan fingerprint density at radius 1 is 0.667 bits per heavy atom. The molecule has 0 saturated carbocycles. The molecule has 360 valence electrons. The van der Waals surface area contributed by atoms with Crippen molar-refractivity contribution in [3.8, 4) is 33.8 Å².